The summed E-state index contributed by atoms with van der Waals surface area (Å²) in [6, 6.07) is -0.566. The Morgan fingerprint density at radius 2 is 1.81 bits per heavy atom. The predicted octanol–water partition coefficient (Wildman–Crippen LogP) is 3.27. The van der Waals surface area contributed by atoms with Gasteiger partial charge in [-0.1, -0.05) is 20.3 Å². The molecule has 1 amide bonds. The fourth-order valence-corrected chi connectivity index (χ4v) is 3.50. The van der Waals surface area contributed by atoms with Gasteiger partial charge in [-0.2, -0.15) is 0 Å². The number of hydrogen-bond acceptors (Lipinski definition) is 4. The maximum Gasteiger partial charge on any atom is 0.354 e. The van der Waals surface area contributed by atoms with Crippen LogP contribution < -0.4 is 0 Å². The molecule has 1 aliphatic rings. The average Bonchev–Trinajstić information content (AvgIpc) is 2.83. The molecule has 6 heteroatoms. The summed E-state index contributed by atoms with van der Waals surface area (Å²) in [7, 11) is 1.31. The van der Waals surface area contributed by atoms with Gasteiger partial charge >= 0.3 is 5.97 Å². The standard InChI is InChI=1S/C20H30N2O4/c1-11(2)10-22(19(24)15-8-7-9-15)14(5)18(23)16-12(3)17(20(25)26-6)21-13(16)4/h11,14-15,21H,7-10H2,1-6H3/t14-/m0/s1. The van der Waals surface area contributed by atoms with Gasteiger partial charge < -0.3 is 14.6 Å². The van der Waals surface area contributed by atoms with Crippen LogP contribution in [0.2, 0.25) is 0 Å². The van der Waals surface area contributed by atoms with E-state index in [1.165, 1.54) is 7.11 Å². The van der Waals surface area contributed by atoms with E-state index in [0.717, 1.165) is 19.3 Å². The second-order valence-corrected chi connectivity index (χ2v) is 7.67. The molecule has 0 unspecified atom stereocenters. The van der Waals surface area contributed by atoms with Crippen molar-refractivity contribution in [3.63, 3.8) is 0 Å². The molecule has 144 valence electrons. The second kappa shape index (κ2) is 8.06. The van der Waals surface area contributed by atoms with Gasteiger partial charge in [-0.3, -0.25) is 9.59 Å². The van der Waals surface area contributed by atoms with Crippen LogP contribution in [-0.4, -0.2) is 47.2 Å². The molecule has 1 heterocycles. The molecule has 26 heavy (non-hydrogen) atoms. The Kier molecular flexibility index (Phi) is 6.26. The number of Topliss-reactive ketones (excluding diaryl/α,β-unsaturated/α-hetero) is 1. The molecule has 1 aromatic rings. The first-order valence-corrected chi connectivity index (χ1v) is 9.31. The molecule has 0 aliphatic heterocycles. The van der Waals surface area contributed by atoms with Gasteiger partial charge in [0.25, 0.3) is 0 Å². The number of methoxy groups -OCH3 is 1. The molecule has 1 atom stereocenters. The monoisotopic (exact) mass is 362 g/mol. The topological polar surface area (TPSA) is 79.5 Å². The fourth-order valence-electron chi connectivity index (χ4n) is 3.50. The molecule has 6 nitrogen and oxygen atoms in total. The van der Waals surface area contributed by atoms with E-state index in [0.29, 0.717) is 29.1 Å². The lowest BCUT2D eigenvalue weighted by molar-refractivity contribution is -0.140. The molecule has 1 fully saturated rings. The molecule has 1 aromatic heterocycles. The smallest absolute Gasteiger partial charge is 0.354 e. The Hall–Kier alpha value is -2.11. The molecule has 0 saturated heterocycles. The Morgan fingerprint density at radius 3 is 2.27 bits per heavy atom. The lowest BCUT2D eigenvalue weighted by Crippen LogP contribution is -2.49. The SMILES string of the molecule is COC(=O)c1[nH]c(C)c(C(=O)[C@H](C)N(CC(C)C)C(=O)C2CCC2)c1C. The van der Waals surface area contributed by atoms with Crippen molar-refractivity contribution in [3.8, 4) is 0 Å². The van der Waals surface area contributed by atoms with Gasteiger partial charge in [-0.15, -0.1) is 0 Å². The lowest BCUT2D eigenvalue weighted by atomic mass is 9.83. The zero-order valence-electron chi connectivity index (χ0n) is 16.6. The van der Waals surface area contributed by atoms with Crippen molar-refractivity contribution in [2.45, 2.75) is 59.9 Å². The maximum atomic E-state index is 13.2. The molecule has 1 N–H and O–H groups in total. The number of aromatic amines is 1. The van der Waals surface area contributed by atoms with Crippen molar-refractivity contribution in [3.05, 3.63) is 22.5 Å². The summed E-state index contributed by atoms with van der Waals surface area (Å²) < 4.78 is 4.77. The molecule has 1 aliphatic carbocycles. The minimum absolute atomic E-state index is 0.0445. The van der Waals surface area contributed by atoms with Gasteiger partial charge in [0.05, 0.1) is 13.2 Å². The van der Waals surface area contributed by atoms with Crippen molar-refractivity contribution in [2.24, 2.45) is 11.8 Å². The van der Waals surface area contributed by atoms with E-state index in [1.54, 1.807) is 25.7 Å². The number of hydrogen-bond donors (Lipinski definition) is 1. The van der Waals surface area contributed by atoms with Gasteiger partial charge in [0, 0.05) is 23.7 Å². The van der Waals surface area contributed by atoms with Crippen molar-refractivity contribution in [1.29, 1.82) is 0 Å². The normalized spacial score (nSPS) is 15.5. The number of ketones is 1. The Bertz CT molecular complexity index is 701. The highest BCUT2D eigenvalue weighted by atomic mass is 16.5. The minimum atomic E-state index is -0.566. The highest BCUT2D eigenvalue weighted by Gasteiger charge is 2.36. The molecule has 0 bridgehead atoms. The third kappa shape index (κ3) is 3.84. The number of carbonyl (C=O) groups excluding carboxylic acids is 3. The molecule has 0 spiro atoms. The van der Waals surface area contributed by atoms with Crippen LogP contribution in [0.1, 0.15) is 72.1 Å². The number of esters is 1. The molecular formula is C20H30N2O4. The van der Waals surface area contributed by atoms with Gasteiger partial charge in [0.15, 0.2) is 5.78 Å². The quantitative estimate of drug-likeness (QED) is 0.596. The largest absolute Gasteiger partial charge is 0.464 e. The Balaban J connectivity index is 2.32. The molecular weight excluding hydrogens is 332 g/mol. The van der Waals surface area contributed by atoms with Gasteiger partial charge in [-0.05, 0) is 45.1 Å². The van der Waals surface area contributed by atoms with E-state index in [9.17, 15) is 14.4 Å². The maximum absolute atomic E-state index is 13.2. The number of rotatable bonds is 7. The van der Waals surface area contributed by atoms with Crippen LogP contribution in [0.15, 0.2) is 0 Å². The fraction of sp³-hybridized carbons (Fsp3) is 0.650. The van der Waals surface area contributed by atoms with E-state index in [1.807, 2.05) is 13.8 Å². The van der Waals surface area contributed by atoms with Crippen LogP contribution in [-0.2, 0) is 9.53 Å². The average molecular weight is 362 g/mol. The van der Waals surface area contributed by atoms with Crippen molar-refractivity contribution < 1.29 is 19.1 Å². The molecule has 0 aromatic carbocycles. The Morgan fingerprint density at radius 1 is 1.19 bits per heavy atom. The lowest BCUT2D eigenvalue weighted by Gasteiger charge is -2.36. The first kappa shape index (κ1) is 20.2. The highest BCUT2D eigenvalue weighted by Crippen LogP contribution is 2.30. The van der Waals surface area contributed by atoms with Crippen LogP contribution in [0.4, 0.5) is 0 Å². The summed E-state index contributed by atoms with van der Waals surface area (Å²) >= 11 is 0. The van der Waals surface area contributed by atoms with Crippen LogP contribution in [0.5, 0.6) is 0 Å². The van der Waals surface area contributed by atoms with Crippen LogP contribution in [0.25, 0.3) is 0 Å². The molecule has 2 rings (SSSR count). The van der Waals surface area contributed by atoms with Gasteiger partial charge in [0.2, 0.25) is 5.91 Å². The minimum Gasteiger partial charge on any atom is -0.464 e. The summed E-state index contributed by atoms with van der Waals surface area (Å²) in [5.41, 5.74) is 1.97. The number of nitrogens with one attached hydrogen (secondary N) is 1. The third-order valence-corrected chi connectivity index (χ3v) is 5.22. The van der Waals surface area contributed by atoms with E-state index < -0.39 is 12.0 Å². The number of H-pyrrole nitrogens is 1. The summed E-state index contributed by atoms with van der Waals surface area (Å²) in [5.74, 6) is -0.247. The summed E-state index contributed by atoms with van der Waals surface area (Å²) in [5, 5.41) is 0. The zero-order chi connectivity index (χ0) is 19.6. The first-order chi connectivity index (χ1) is 12.2. The highest BCUT2D eigenvalue weighted by molar-refractivity contribution is 6.06. The van der Waals surface area contributed by atoms with E-state index in [-0.39, 0.29) is 23.5 Å². The predicted molar refractivity (Wildman–Crippen MR) is 99.3 cm³/mol. The zero-order valence-corrected chi connectivity index (χ0v) is 16.6. The number of aromatic nitrogens is 1. The van der Waals surface area contributed by atoms with Gasteiger partial charge in [0.1, 0.15) is 5.69 Å². The third-order valence-electron chi connectivity index (χ3n) is 5.22. The number of amides is 1. The molecule has 1 saturated carbocycles. The van der Waals surface area contributed by atoms with Crippen molar-refractivity contribution >= 4 is 17.7 Å². The summed E-state index contributed by atoms with van der Waals surface area (Å²) in [6.45, 7) is 9.91. The number of aryl methyl sites for hydroxylation is 1. The van der Waals surface area contributed by atoms with Crippen molar-refractivity contribution in [1.82, 2.24) is 9.88 Å². The summed E-state index contributed by atoms with van der Waals surface area (Å²) in [4.78, 5) is 42.6. The number of carbonyl (C=O) groups is 3. The first-order valence-electron chi connectivity index (χ1n) is 9.31. The van der Waals surface area contributed by atoms with E-state index in [2.05, 4.69) is 4.98 Å². The van der Waals surface area contributed by atoms with E-state index in [4.69, 9.17) is 4.74 Å². The number of nitrogens with zero attached hydrogens (tertiary/aromatic N) is 1. The van der Waals surface area contributed by atoms with Crippen molar-refractivity contribution in [2.75, 3.05) is 13.7 Å². The second-order valence-electron chi connectivity index (χ2n) is 7.67. The van der Waals surface area contributed by atoms with E-state index >= 15 is 0 Å². The van der Waals surface area contributed by atoms with Crippen LogP contribution >= 0.6 is 0 Å². The van der Waals surface area contributed by atoms with Crippen LogP contribution in [0, 0.1) is 25.7 Å². The van der Waals surface area contributed by atoms with Gasteiger partial charge in [-0.25, -0.2) is 4.79 Å². The summed E-state index contributed by atoms with van der Waals surface area (Å²) in [6.07, 6.45) is 2.89. The molecule has 0 radical (unpaired) electrons. The Labute approximate surface area is 155 Å². The number of ether oxygens (including phenoxy) is 1. The van der Waals surface area contributed by atoms with Crippen LogP contribution in [0.3, 0.4) is 0 Å².